The molecule has 0 atom stereocenters. The van der Waals surface area contributed by atoms with E-state index in [0.717, 1.165) is 0 Å². The Labute approximate surface area is 71.2 Å². The maximum absolute atomic E-state index is 3.00. The summed E-state index contributed by atoms with van der Waals surface area (Å²) in [6.07, 6.45) is 0. The molecule has 0 saturated carbocycles. The van der Waals surface area contributed by atoms with Crippen molar-refractivity contribution in [2.75, 3.05) is 0 Å². The van der Waals surface area contributed by atoms with E-state index < -0.39 is 0 Å². The molecule has 0 radical (unpaired) electrons. The van der Waals surface area contributed by atoms with E-state index in [1.165, 1.54) is 0 Å². The molecule has 0 saturated heterocycles. The molecule has 0 aliphatic carbocycles. The van der Waals surface area contributed by atoms with E-state index in [9.17, 15) is 0 Å². The van der Waals surface area contributed by atoms with Gasteiger partial charge in [0.1, 0.15) is 0 Å². The normalized spacial score (nSPS) is 1.00. The number of hydrogen-bond donors (Lipinski definition) is 0. The van der Waals surface area contributed by atoms with Crippen LogP contribution in [0.2, 0.25) is 0 Å². The van der Waals surface area contributed by atoms with Crippen molar-refractivity contribution in [2.45, 2.75) is 0 Å². The van der Waals surface area contributed by atoms with Crippen LogP contribution in [0.5, 0.6) is 0 Å². The number of hydrogen-bond acceptors (Lipinski definition) is 0. The van der Waals surface area contributed by atoms with Gasteiger partial charge in [-0.15, -0.1) is 13.2 Å². The summed E-state index contributed by atoms with van der Waals surface area (Å²) in [6.45, 7) is 6.00. The molecule has 0 spiro atoms. The van der Waals surface area contributed by atoms with E-state index in [2.05, 4.69) is 13.2 Å². The second-order valence-corrected chi connectivity index (χ2v) is 0. The molecule has 0 heterocycles. The second-order valence-electron chi connectivity index (χ2n) is 0. The van der Waals surface area contributed by atoms with E-state index in [-0.39, 0.29) is 59.1 Å². The molecule has 0 fully saturated rings. The van der Waals surface area contributed by atoms with Gasteiger partial charge in [0.05, 0.1) is 0 Å². The Hall–Kier alpha value is 1.74. The van der Waals surface area contributed by atoms with Crippen molar-refractivity contribution in [3.8, 4) is 0 Å². The number of rotatable bonds is 0. The Morgan fingerprint density at radius 1 is 0.750 bits per heavy atom. The first-order valence-electron chi connectivity index (χ1n) is 0.500. The standard InChI is InChI=1S/C2H4.2Na.2H/c1-2;;;;/h1-2H2;;;;. The third kappa shape index (κ3) is 9.27. The van der Waals surface area contributed by atoms with Crippen LogP contribution in [-0.4, -0.2) is 59.1 Å². The quantitative estimate of drug-likeness (QED) is 0.269. The molecule has 0 aromatic heterocycles. The van der Waals surface area contributed by atoms with Crippen LogP contribution in [0.3, 0.4) is 0 Å². The minimum atomic E-state index is 0. The summed E-state index contributed by atoms with van der Waals surface area (Å²) < 4.78 is 0. The van der Waals surface area contributed by atoms with Gasteiger partial charge in [0.15, 0.2) is 0 Å². The van der Waals surface area contributed by atoms with Gasteiger partial charge in [-0.25, -0.2) is 0 Å². The fourth-order valence-electron chi connectivity index (χ4n) is 0. The molecule has 0 nitrogen and oxygen atoms in total. The molecule has 4 heavy (non-hydrogen) atoms. The second kappa shape index (κ2) is 21.9. The summed E-state index contributed by atoms with van der Waals surface area (Å²) >= 11 is 0. The van der Waals surface area contributed by atoms with Crippen LogP contribution >= 0.6 is 0 Å². The zero-order valence-corrected chi connectivity index (χ0v) is 1.41. The van der Waals surface area contributed by atoms with Gasteiger partial charge in [-0.3, -0.25) is 0 Å². The van der Waals surface area contributed by atoms with Crippen LogP contribution in [0, 0.1) is 0 Å². The average Bonchev–Trinajstić information content (AvgIpc) is 1.00. The first kappa shape index (κ1) is 17.2. The topological polar surface area (TPSA) is 0 Å². The van der Waals surface area contributed by atoms with Crippen molar-refractivity contribution in [1.29, 1.82) is 0 Å². The zero-order valence-electron chi connectivity index (χ0n) is 1.41. The molecule has 0 aliphatic heterocycles. The van der Waals surface area contributed by atoms with Gasteiger partial charge in [0, 0.05) is 0 Å². The molecule has 0 aromatic carbocycles. The molecule has 2 heteroatoms. The van der Waals surface area contributed by atoms with Crippen molar-refractivity contribution >= 4 is 59.1 Å². The first-order chi connectivity index (χ1) is 1.00. The summed E-state index contributed by atoms with van der Waals surface area (Å²) in [6, 6.07) is 0. The molecular weight excluding hydrogens is 70.0 g/mol. The Morgan fingerprint density at radius 3 is 0.750 bits per heavy atom. The van der Waals surface area contributed by atoms with Crippen LogP contribution in [0.15, 0.2) is 13.2 Å². The van der Waals surface area contributed by atoms with E-state index in [1.807, 2.05) is 0 Å². The molecule has 0 aromatic rings. The summed E-state index contributed by atoms with van der Waals surface area (Å²) in [4.78, 5) is 0. The van der Waals surface area contributed by atoms with Crippen molar-refractivity contribution < 1.29 is 0 Å². The van der Waals surface area contributed by atoms with Gasteiger partial charge in [0.2, 0.25) is 0 Å². The van der Waals surface area contributed by atoms with Gasteiger partial charge in [-0.05, 0) is 0 Å². The predicted octanol–water partition coefficient (Wildman–Crippen LogP) is -0.495. The molecule has 0 N–H and O–H groups in total. The van der Waals surface area contributed by atoms with Gasteiger partial charge < -0.3 is 0 Å². The van der Waals surface area contributed by atoms with E-state index >= 15 is 0 Å². The van der Waals surface area contributed by atoms with Gasteiger partial charge >= 0.3 is 59.1 Å². The Bertz CT molecular complexity index is 4.00. The molecule has 0 unspecified atom stereocenters. The fraction of sp³-hybridized carbons (Fsp3) is 0. The molecule has 0 bridgehead atoms. The van der Waals surface area contributed by atoms with Crippen molar-refractivity contribution in [3.05, 3.63) is 13.2 Å². The third-order valence-electron chi connectivity index (χ3n) is 0. The van der Waals surface area contributed by atoms with E-state index in [1.54, 1.807) is 0 Å². The fourth-order valence-corrected chi connectivity index (χ4v) is 0. The molecule has 0 rings (SSSR count). The van der Waals surface area contributed by atoms with Crippen LogP contribution in [0.25, 0.3) is 0 Å². The predicted molar refractivity (Wildman–Crippen MR) is 25.6 cm³/mol. The third-order valence-corrected chi connectivity index (χ3v) is 0. The minimum absolute atomic E-state index is 0. The van der Waals surface area contributed by atoms with Crippen LogP contribution < -0.4 is 0 Å². The van der Waals surface area contributed by atoms with Crippen molar-refractivity contribution in [3.63, 3.8) is 0 Å². The summed E-state index contributed by atoms with van der Waals surface area (Å²) in [7, 11) is 0. The first-order valence-corrected chi connectivity index (χ1v) is 0.500. The monoisotopic (exact) mass is 76.0 g/mol. The average molecular weight is 76.0 g/mol. The Kier molecular flexibility index (Phi) is 94.0. The summed E-state index contributed by atoms with van der Waals surface area (Å²) in [5, 5.41) is 0. The summed E-state index contributed by atoms with van der Waals surface area (Å²) in [5.74, 6) is 0. The molecule has 0 amide bonds. The van der Waals surface area contributed by atoms with Crippen LogP contribution in [0.4, 0.5) is 0 Å². The van der Waals surface area contributed by atoms with Crippen molar-refractivity contribution in [1.82, 2.24) is 0 Å². The van der Waals surface area contributed by atoms with E-state index in [4.69, 9.17) is 0 Å². The Balaban J connectivity index is -0.00000000500. The van der Waals surface area contributed by atoms with Crippen LogP contribution in [-0.2, 0) is 0 Å². The maximum atomic E-state index is 3.00. The van der Waals surface area contributed by atoms with Crippen LogP contribution in [0.1, 0.15) is 0 Å². The van der Waals surface area contributed by atoms with Gasteiger partial charge in [-0.2, -0.15) is 0 Å². The SMILES string of the molecule is C=C.[NaH].[NaH]. The molecule has 0 aliphatic rings. The van der Waals surface area contributed by atoms with E-state index in [0.29, 0.717) is 0 Å². The van der Waals surface area contributed by atoms with Gasteiger partial charge in [0.25, 0.3) is 0 Å². The van der Waals surface area contributed by atoms with Crippen molar-refractivity contribution in [2.24, 2.45) is 0 Å². The van der Waals surface area contributed by atoms with Gasteiger partial charge in [-0.1, -0.05) is 0 Å². The molecular formula is C2H6Na2. The summed E-state index contributed by atoms with van der Waals surface area (Å²) in [5.41, 5.74) is 0. The zero-order chi connectivity index (χ0) is 2.00. The Morgan fingerprint density at radius 2 is 0.750 bits per heavy atom. The molecule has 16 valence electrons.